The Morgan fingerprint density at radius 3 is 2.71 bits per heavy atom. The van der Waals surface area contributed by atoms with E-state index in [1.165, 1.54) is 0 Å². The van der Waals surface area contributed by atoms with Gasteiger partial charge >= 0.3 is 12.0 Å². The molecule has 0 spiro atoms. The summed E-state index contributed by atoms with van der Waals surface area (Å²) in [6.45, 7) is 3.30. The molecule has 110 valence electrons. The van der Waals surface area contributed by atoms with Crippen LogP contribution < -0.4 is 10.6 Å². The van der Waals surface area contributed by atoms with Crippen LogP contribution in [0, 0.1) is 0 Å². The zero-order chi connectivity index (χ0) is 15.5. The van der Waals surface area contributed by atoms with E-state index < -0.39 is 17.5 Å². The average Bonchev–Trinajstić information content (AvgIpc) is 2.36. The Morgan fingerprint density at radius 1 is 1.29 bits per heavy atom. The van der Waals surface area contributed by atoms with Crippen molar-refractivity contribution in [2.75, 3.05) is 5.32 Å². The fraction of sp³-hybridized carbons (Fsp3) is 0.267. The van der Waals surface area contributed by atoms with Gasteiger partial charge in [-0.1, -0.05) is 18.2 Å². The zero-order valence-corrected chi connectivity index (χ0v) is 11.9. The molecule has 0 aliphatic heterocycles. The number of carboxylic acids is 1. The third-order valence-electron chi connectivity index (χ3n) is 2.89. The Balaban J connectivity index is 2.06. The monoisotopic (exact) mass is 287 g/mol. The maximum atomic E-state index is 11.9. The van der Waals surface area contributed by atoms with Gasteiger partial charge in [-0.05, 0) is 26.0 Å². The maximum absolute atomic E-state index is 11.9. The van der Waals surface area contributed by atoms with Gasteiger partial charge in [-0.2, -0.15) is 0 Å². The van der Waals surface area contributed by atoms with E-state index in [1.807, 2.05) is 30.3 Å². The Bertz CT molecular complexity index is 683. The molecule has 0 saturated carbocycles. The summed E-state index contributed by atoms with van der Waals surface area (Å²) in [7, 11) is 0. The number of fused-ring (bicyclic) bond motifs is 1. The van der Waals surface area contributed by atoms with E-state index in [4.69, 9.17) is 5.11 Å². The number of urea groups is 1. The number of para-hydroxylation sites is 1. The van der Waals surface area contributed by atoms with Crippen LogP contribution >= 0.6 is 0 Å². The van der Waals surface area contributed by atoms with Crippen molar-refractivity contribution in [3.63, 3.8) is 0 Å². The largest absolute Gasteiger partial charge is 0.481 e. The van der Waals surface area contributed by atoms with Crippen molar-refractivity contribution in [3.8, 4) is 0 Å². The Hall–Kier alpha value is -2.63. The van der Waals surface area contributed by atoms with Gasteiger partial charge in [-0.25, -0.2) is 4.79 Å². The molecule has 3 N–H and O–H groups in total. The highest BCUT2D eigenvalue weighted by molar-refractivity contribution is 5.92. The molecule has 0 atom stereocenters. The lowest BCUT2D eigenvalue weighted by Gasteiger charge is -2.24. The molecular weight excluding hydrogens is 270 g/mol. The van der Waals surface area contributed by atoms with E-state index in [0.29, 0.717) is 5.69 Å². The summed E-state index contributed by atoms with van der Waals surface area (Å²) in [5.74, 6) is -0.965. The van der Waals surface area contributed by atoms with Crippen LogP contribution in [-0.2, 0) is 4.79 Å². The molecular formula is C15H17N3O3. The molecule has 2 aromatic rings. The molecule has 1 aromatic carbocycles. The van der Waals surface area contributed by atoms with Crippen molar-refractivity contribution in [2.24, 2.45) is 0 Å². The second-order valence-electron chi connectivity index (χ2n) is 5.45. The molecule has 2 amide bonds. The molecule has 0 radical (unpaired) electrons. The first-order valence-electron chi connectivity index (χ1n) is 6.51. The van der Waals surface area contributed by atoms with E-state index in [9.17, 15) is 9.59 Å². The Kier molecular flexibility index (Phi) is 4.07. The highest BCUT2D eigenvalue weighted by Gasteiger charge is 2.23. The van der Waals surface area contributed by atoms with Crippen LogP contribution in [0.4, 0.5) is 10.5 Å². The zero-order valence-electron chi connectivity index (χ0n) is 11.9. The molecule has 0 saturated heterocycles. The first-order valence-corrected chi connectivity index (χ1v) is 6.51. The van der Waals surface area contributed by atoms with E-state index >= 15 is 0 Å². The number of hydrogen-bond donors (Lipinski definition) is 3. The number of amides is 2. The third kappa shape index (κ3) is 4.17. The lowest BCUT2D eigenvalue weighted by atomic mass is 10.0. The molecule has 21 heavy (non-hydrogen) atoms. The van der Waals surface area contributed by atoms with Gasteiger partial charge in [0.1, 0.15) is 0 Å². The number of rotatable bonds is 4. The van der Waals surface area contributed by atoms with Crippen molar-refractivity contribution >= 4 is 28.6 Å². The normalized spacial score (nSPS) is 11.1. The van der Waals surface area contributed by atoms with Gasteiger partial charge in [-0.3, -0.25) is 9.78 Å². The highest BCUT2D eigenvalue weighted by atomic mass is 16.4. The average molecular weight is 287 g/mol. The van der Waals surface area contributed by atoms with Gasteiger partial charge in [0.2, 0.25) is 0 Å². The number of nitrogens with one attached hydrogen (secondary N) is 2. The number of aromatic nitrogens is 1. The molecule has 6 nitrogen and oxygen atoms in total. The minimum Gasteiger partial charge on any atom is -0.481 e. The van der Waals surface area contributed by atoms with Gasteiger partial charge in [0.05, 0.1) is 23.8 Å². The third-order valence-corrected chi connectivity index (χ3v) is 2.89. The second kappa shape index (κ2) is 5.78. The molecule has 0 aliphatic rings. The summed E-state index contributed by atoms with van der Waals surface area (Å²) in [5, 5.41) is 15.0. The van der Waals surface area contributed by atoms with E-state index in [1.54, 1.807) is 20.0 Å². The molecule has 1 heterocycles. The predicted molar refractivity (Wildman–Crippen MR) is 80.2 cm³/mol. The quantitative estimate of drug-likeness (QED) is 0.806. The van der Waals surface area contributed by atoms with E-state index in [2.05, 4.69) is 15.6 Å². The number of carboxylic acid groups (broad SMARTS) is 1. The van der Waals surface area contributed by atoms with Crippen LogP contribution in [0.2, 0.25) is 0 Å². The van der Waals surface area contributed by atoms with Crippen molar-refractivity contribution in [1.82, 2.24) is 10.3 Å². The number of anilines is 1. The van der Waals surface area contributed by atoms with Gasteiger partial charge < -0.3 is 15.7 Å². The molecule has 0 aliphatic carbocycles. The summed E-state index contributed by atoms with van der Waals surface area (Å²) in [5.41, 5.74) is 0.562. The smallest absolute Gasteiger partial charge is 0.319 e. The molecule has 0 bridgehead atoms. The van der Waals surface area contributed by atoms with Crippen molar-refractivity contribution in [1.29, 1.82) is 0 Å². The number of benzene rings is 1. The lowest BCUT2D eigenvalue weighted by molar-refractivity contribution is -0.138. The summed E-state index contributed by atoms with van der Waals surface area (Å²) in [6.07, 6.45) is 1.41. The minimum absolute atomic E-state index is 0.156. The second-order valence-corrected chi connectivity index (χ2v) is 5.45. The van der Waals surface area contributed by atoms with Crippen LogP contribution in [0.15, 0.2) is 36.5 Å². The van der Waals surface area contributed by atoms with Crippen LogP contribution in [0.3, 0.4) is 0 Å². The Morgan fingerprint density at radius 2 is 2.00 bits per heavy atom. The number of pyridine rings is 1. The molecule has 0 fully saturated rings. The fourth-order valence-corrected chi connectivity index (χ4v) is 2.03. The molecule has 0 unspecified atom stereocenters. The number of hydrogen-bond acceptors (Lipinski definition) is 3. The summed E-state index contributed by atoms with van der Waals surface area (Å²) in [6, 6.07) is 8.92. The molecule has 2 rings (SSSR count). The van der Waals surface area contributed by atoms with E-state index in [-0.39, 0.29) is 6.42 Å². The summed E-state index contributed by atoms with van der Waals surface area (Å²) < 4.78 is 0. The first kappa shape index (κ1) is 14.8. The van der Waals surface area contributed by atoms with Crippen LogP contribution in [-0.4, -0.2) is 27.6 Å². The minimum atomic E-state index is -0.965. The van der Waals surface area contributed by atoms with Crippen molar-refractivity contribution < 1.29 is 14.7 Å². The van der Waals surface area contributed by atoms with Gasteiger partial charge in [0.25, 0.3) is 0 Å². The fourth-order valence-electron chi connectivity index (χ4n) is 2.03. The molecule has 1 aromatic heterocycles. The predicted octanol–water partition coefficient (Wildman–Crippen LogP) is 2.61. The van der Waals surface area contributed by atoms with Crippen LogP contribution in [0.5, 0.6) is 0 Å². The van der Waals surface area contributed by atoms with Gasteiger partial charge in [-0.15, -0.1) is 0 Å². The van der Waals surface area contributed by atoms with Crippen molar-refractivity contribution in [3.05, 3.63) is 36.5 Å². The standard InChI is InChI=1S/C15H17N3O3/c1-15(2,8-13(19)20)18-14(21)17-11-7-10-5-3-4-6-12(10)16-9-11/h3-7,9H,8H2,1-2H3,(H,19,20)(H2,17,18,21). The van der Waals surface area contributed by atoms with Crippen LogP contribution in [0.25, 0.3) is 10.9 Å². The number of nitrogens with zero attached hydrogens (tertiary/aromatic N) is 1. The number of aliphatic carboxylic acids is 1. The number of carbonyl (C=O) groups is 2. The molecule has 6 heteroatoms. The maximum Gasteiger partial charge on any atom is 0.319 e. The highest BCUT2D eigenvalue weighted by Crippen LogP contribution is 2.16. The lowest BCUT2D eigenvalue weighted by Crippen LogP contribution is -2.46. The Labute approximate surface area is 122 Å². The first-order chi connectivity index (χ1) is 9.85. The topological polar surface area (TPSA) is 91.3 Å². The summed E-state index contributed by atoms with van der Waals surface area (Å²) in [4.78, 5) is 26.9. The summed E-state index contributed by atoms with van der Waals surface area (Å²) >= 11 is 0. The number of carbonyl (C=O) groups excluding carboxylic acids is 1. The van der Waals surface area contributed by atoms with Gasteiger partial charge in [0.15, 0.2) is 0 Å². The van der Waals surface area contributed by atoms with Crippen LogP contribution in [0.1, 0.15) is 20.3 Å². The SMILES string of the molecule is CC(C)(CC(=O)O)NC(=O)Nc1cnc2ccccc2c1. The van der Waals surface area contributed by atoms with Gasteiger partial charge in [0, 0.05) is 10.9 Å². The van der Waals surface area contributed by atoms with E-state index in [0.717, 1.165) is 10.9 Å². The van der Waals surface area contributed by atoms with Crippen molar-refractivity contribution in [2.45, 2.75) is 25.8 Å².